The molecule has 1 saturated heterocycles. The fourth-order valence-electron chi connectivity index (χ4n) is 3.59. The van der Waals surface area contributed by atoms with Gasteiger partial charge in [0.2, 0.25) is 31.8 Å². The fourth-order valence-corrected chi connectivity index (χ4v) is 6.28. The zero-order valence-electron chi connectivity index (χ0n) is 18.8. The summed E-state index contributed by atoms with van der Waals surface area (Å²) in [7, 11) is -4.63. The Balaban J connectivity index is 1.48. The molecule has 0 radical (unpaired) electrons. The van der Waals surface area contributed by atoms with Gasteiger partial charge in [-0.3, -0.25) is 10.1 Å². The molecule has 1 N–H and O–H groups in total. The Morgan fingerprint density at radius 3 is 2.29 bits per heavy atom. The largest absolute Gasteiger partial charge is 0.403 e. The van der Waals surface area contributed by atoms with Crippen LogP contribution in [0.4, 0.5) is 6.01 Å². The average Bonchev–Trinajstić information content (AvgIpc) is 3.50. The Bertz CT molecular complexity index is 1440. The Morgan fingerprint density at radius 1 is 1.03 bits per heavy atom. The number of anilines is 1. The molecule has 1 aliphatic rings. The smallest absolute Gasteiger partial charge is 0.322 e. The normalized spacial score (nSPS) is 17.1. The molecular weight excluding hydrogens is 518 g/mol. The molecule has 1 unspecified atom stereocenters. The number of hydrogen-bond donors (Lipinski definition) is 1. The third-order valence-corrected chi connectivity index (χ3v) is 9.47. The lowest BCUT2D eigenvalue weighted by atomic mass is 10.2. The molecule has 1 fully saturated rings. The molecule has 3 aromatic rings. The zero-order valence-corrected chi connectivity index (χ0v) is 21.1. The lowest BCUT2D eigenvalue weighted by molar-refractivity contribution is -0.119. The number of aromatic nitrogens is 2. The van der Waals surface area contributed by atoms with Gasteiger partial charge in [0.15, 0.2) is 0 Å². The van der Waals surface area contributed by atoms with Crippen LogP contribution in [0, 0.1) is 0 Å². The van der Waals surface area contributed by atoms with Crippen molar-refractivity contribution < 1.29 is 26.0 Å². The average molecular weight is 540 g/mol. The molecule has 35 heavy (non-hydrogen) atoms. The summed E-state index contributed by atoms with van der Waals surface area (Å²) in [6.07, 6.45) is 0.851. The van der Waals surface area contributed by atoms with E-state index < -0.39 is 32.0 Å². The molecule has 1 amide bonds. The number of nitrogens with zero attached hydrogens (tertiary/aromatic N) is 4. The van der Waals surface area contributed by atoms with Gasteiger partial charge in [-0.25, -0.2) is 21.1 Å². The second kappa shape index (κ2) is 9.66. The molecular formula is C21H22ClN5O6S2. The third-order valence-electron chi connectivity index (χ3n) is 5.46. The number of hydrogen-bond acceptors (Lipinski definition) is 8. The van der Waals surface area contributed by atoms with Crippen molar-refractivity contribution in [3.05, 3.63) is 53.6 Å². The Morgan fingerprint density at radius 2 is 1.66 bits per heavy atom. The molecule has 0 bridgehead atoms. The highest BCUT2D eigenvalue weighted by molar-refractivity contribution is 7.89. The van der Waals surface area contributed by atoms with Crippen LogP contribution in [0.15, 0.2) is 62.7 Å². The Labute approximate surface area is 207 Å². The zero-order chi connectivity index (χ0) is 25.4. The number of carbonyl (C=O) groups excluding carboxylic acids is 1. The SMILES string of the molecule is CN(C)S(=O)(=O)c1ccc(-c2nnc(NC(=O)C3CCCN3S(=O)(=O)c3ccc(Cl)cc3)o2)cc1. The molecule has 186 valence electrons. The number of halogens is 1. The van der Waals surface area contributed by atoms with Crippen LogP contribution in [0.1, 0.15) is 12.8 Å². The maximum Gasteiger partial charge on any atom is 0.322 e. The third kappa shape index (κ3) is 5.09. The first kappa shape index (κ1) is 25.3. The summed E-state index contributed by atoms with van der Waals surface area (Å²) >= 11 is 5.85. The standard InChI is InChI=1S/C21H22ClN5O6S2/c1-26(2)34(29,30)16-9-5-14(6-10-16)20-24-25-21(33-20)23-19(28)18-4-3-13-27(18)35(31,32)17-11-7-15(22)8-12-17/h5-12,18H,3-4,13H2,1-2H3,(H,23,25,28). The van der Waals surface area contributed by atoms with Crippen LogP contribution in [0.3, 0.4) is 0 Å². The number of carbonyl (C=O) groups is 1. The van der Waals surface area contributed by atoms with Gasteiger partial charge in [-0.05, 0) is 61.4 Å². The van der Waals surface area contributed by atoms with Crippen LogP contribution in [0.25, 0.3) is 11.5 Å². The summed E-state index contributed by atoms with van der Waals surface area (Å²) in [5, 5.41) is 10.6. The highest BCUT2D eigenvalue weighted by atomic mass is 35.5. The monoisotopic (exact) mass is 539 g/mol. The predicted molar refractivity (Wildman–Crippen MR) is 128 cm³/mol. The molecule has 1 aliphatic heterocycles. The highest BCUT2D eigenvalue weighted by Gasteiger charge is 2.40. The van der Waals surface area contributed by atoms with Crippen molar-refractivity contribution in [2.45, 2.75) is 28.7 Å². The Hall–Kier alpha value is -2.84. The fraction of sp³-hybridized carbons (Fsp3) is 0.286. The van der Waals surface area contributed by atoms with Gasteiger partial charge in [-0.15, -0.1) is 5.10 Å². The summed E-state index contributed by atoms with van der Waals surface area (Å²) in [5.41, 5.74) is 0.448. The van der Waals surface area contributed by atoms with E-state index in [-0.39, 0.29) is 28.2 Å². The molecule has 4 rings (SSSR count). The summed E-state index contributed by atoms with van der Waals surface area (Å²) in [5.74, 6) is -0.533. The highest BCUT2D eigenvalue weighted by Crippen LogP contribution is 2.28. The second-order valence-electron chi connectivity index (χ2n) is 7.94. The first-order valence-corrected chi connectivity index (χ1v) is 13.7. The van der Waals surface area contributed by atoms with Gasteiger partial charge in [-0.1, -0.05) is 16.7 Å². The minimum Gasteiger partial charge on any atom is -0.403 e. The molecule has 11 nitrogen and oxygen atoms in total. The van der Waals surface area contributed by atoms with Crippen LogP contribution in [-0.4, -0.2) is 68.2 Å². The van der Waals surface area contributed by atoms with Crippen molar-refractivity contribution in [1.29, 1.82) is 0 Å². The molecule has 0 aliphatic carbocycles. The quantitative estimate of drug-likeness (QED) is 0.482. The van der Waals surface area contributed by atoms with Gasteiger partial charge in [0, 0.05) is 31.2 Å². The van der Waals surface area contributed by atoms with Crippen molar-refractivity contribution in [3.63, 3.8) is 0 Å². The Kier molecular flexibility index (Phi) is 6.97. The van der Waals surface area contributed by atoms with Crippen molar-refractivity contribution in [2.75, 3.05) is 26.0 Å². The maximum atomic E-state index is 13.0. The van der Waals surface area contributed by atoms with Crippen molar-refractivity contribution in [1.82, 2.24) is 18.8 Å². The molecule has 2 aromatic carbocycles. The number of rotatable bonds is 7. The van der Waals surface area contributed by atoms with Crippen molar-refractivity contribution >= 4 is 43.6 Å². The maximum absolute atomic E-state index is 13.0. The van der Waals surface area contributed by atoms with Crippen LogP contribution < -0.4 is 5.32 Å². The van der Waals surface area contributed by atoms with E-state index in [0.717, 1.165) is 8.61 Å². The molecule has 0 saturated carbocycles. The first-order valence-electron chi connectivity index (χ1n) is 10.4. The second-order valence-corrected chi connectivity index (χ2v) is 12.4. The van der Waals surface area contributed by atoms with Crippen LogP contribution in [-0.2, 0) is 24.8 Å². The lowest BCUT2D eigenvalue weighted by Crippen LogP contribution is -2.43. The minimum atomic E-state index is -3.91. The van der Waals surface area contributed by atoms with Gasteiger partial charge < -0.3 is 4.42 Å². The molecule has 0 spiro atoms. The van der Waals surface area contributed by atoms with Crippen LogP contribution in [0.5, 0.6) is 0 Å². The molecule has 1 atom stereocenters. The summed E-state index contributed by atoms with van der Waals surface area (Å²) in [6, 6.07) is 10.4. The van der Waals surface area contributed by atoms with Crippen molar-refractivity contribution in [3.8, 4) is 11.5 Å². The van der Waals surface area contributed by atoms with E-state index in [1.807, 2.05) is 0 Å². The van der Waals surface area contributed by atoms with E-state index in [0.29, 0.717) is 23.4 Å². The molecule has 14 heteroatoms. The lowest BCUT2D eigenvalue weighted by Gasteiger charge is -2.22. The van der Waals surface area contributed by atoms with Gasteiger partial charge in [0.1, 0.15) is 6.04 Å². The topological polar surface area (TPSA) is 143 Å². The predicted octanol–water partition coefficient (Wildman–Crippen LogP) is 2.43. The van der Waals surface area contributed by atoms with Gasteiger partial charge >= 0.3 is 6.01 Å². The minimum absolute atomic E-state index is 0.0430. The van der Waals surface area contributed by atoms with E-state index in [1.165, 1.54) is 62.6 Å². The van der Waals surface area contributed by atoms with E-state index in [4.69, 9.17) is 16.0 Å². The number of amides is 1. The van der Waals surface area contributed by atoms with Crippen LogP contribution >= 0.6 is 11.6 Å². The van der Waals surface area contributed by atoms with Crippen molar-refractivity contribution in [2.24, 2.45) is 0 Å². The summed E-state index contributed by atoms with van der Waals surface area (Å²) in [6.45, 7) is 0.195. The van der Waals surface area contributed by atoms with Gasteiger partial charge in [0.25, 0.3) is 0 Å². The summed E-state index contributed by atoms with van der Waals surface area (Å²) in [4.78, 5) is 13.0. The first-order chi connectivity index (χ1) is 16.5. The van der Waals surface area contributed by atoms with E-state index >= 15 is 0 Å². The van der Waals surface area contributed by atoms with E-state index in [9.17, 15) is 21.6 Å². The molecule has 1 aromatic heterocycles. The van der Waals surface area contributed by atoms with Crippen LogP contribution in [0.2, 0.25) is 5.02 Å². The number of benzene rings is 2. The molecule has 2 heterocycles. The summed E-state index contributed by atoms with van der Waals surface area (Å²) < 4.78 is 58.3. The van der Waals surface area contributed by atoms with Gasteiger partial charge in [0.05, 0.1) is 9.79 Å². The number of nitrogens with one attached hydrogen (secondary N) is 1. The van der Waals surface area contributed by atoms with Gasteiger partial charge in [-0.2, -0.15) is 4.31 Å². The number of sulfonamides is 2. The van der Waals surface area contributed by atoms with E-state index in [1.54, 1.807) is 0 Å². The van der Waals surface area contributed by atoms with E-state index in [2.05, 4.69) is 15.5 Å².